The van der Waals surface area contributed by atoms with Crippen molar-refractivity contribution in [3.8, 4) is 12.3 Å². The van der Waals surface area contributed by atoms with Gasteiger partial charge in [0.25, 0.3) is 5.91 Å². The van der Waals surface area contributed by atoms with Gasteiger partial charge in [-0.15, -0.1) is 12.3 Å². The van der Waals surface area contributed by atoms with Crippen LogP contribution in [-0.4, -0.2) is 17.4 Å². The molecule has 0 aliphatic carbocycles. The molecule has 0 atom stereocenters. The maximum Gasteiger partial charge on any atom is 0.251 e. The van der Waals surface area contributed by atoms with Crippen LogP contribution in [0.3, 0.4) is 0 Å². The molecular formula is C12H13BrN2O. The number of nitrogens with one attached hydrogen (secondary N) is 1. The molecule has 1 aromatic rings. The number of pyridine rings is 1. The fraction of sp³-hybridized carbons (Fsp3) is 0.333. The van der Waals surface area contributed by atoms with E-state index in [0.29, 0.717) is 16.7 Å². The maximum atomic E-state index is 11.6. The monoisotopic (exact) mass is 280 g/mol. The zero-order chi connectivity index (χ0) is 11.8. The second kappa shape index (κ2) is 7.02. The predicted molar refractivity (Wildman–Crippen MR) is 67.0 cm³/mol. The summed E-state index contributed by atoms with van der Waals surface area (Å²) in [6, 6.07) is 3.37. The Balaban J connectivity index is 2.33. The van der Waals surface area contributed by atoms with Crippen LogP contribution in [0, 0.1) is 12.3 Å². The molecule has 1 heterocycles. The number of amides is 1. The van der Waals surface area contributed by atoms with E-state index in [9.17, 15) is 4.79 Å². The van der Waals surface area contributed by atoms with Gasteiger partial charge in [-0.1, -0.05) is 0 Å². The zero-order valence-corrected chi connectivity index (χ0v) is 10.5. The van der Waals surface area contributed by atoms with E-state index < -0.39 is 0 Å². The highest BCUT2D eigenvalue weighted by molar-refractivity contribution is 9.10. The molecule has 0 unspecified atom stereocenters. The summed E-state index contributed by atoms with van der Waals surface area (Å²) in [7, 11) is 0. The molecule has 1 amide bonds. The predicted octanol–water partition coefficient (Wildman–Crippen LogP) is 2.38. The fourth-order valence-corrected chi connectivity index (χ4v) is 1.56. The van der Waals surface area contributed by atoms with Gasteiger partial charge in [-0.2, -0.15) is 0 Å². The van der Waals surface area contributed by atoms with Gasteiger partial charge in [0.05, 0.1) is 0 Å². The molecule has 0 aliphatic rings. The molecule has 4 heteroatoms. The van der Waals surface area contributed by atoms with Gasteiger partial charge in [0.2, 0.25) is 0 Å². The molecule has 3 nitrogen and oxygen atoms in total. The van der Waals surface area contributed by atoms with Crippen LogP contribution in [-0.2, 0) is 0 Å². The Morgan fingerprint density at radius 3 is 3.06 bits per heavy atom. The minimum absolute atomic E-state index is 0.0798. The van der Waals surface area contributed by atoms with E-state index in [2.05, 4.69) is 32.2 Å². The van der Waals surface area contributed by atoms with Crippen molar-refractivity contribution in [2.75, 3.05) is 6.54 Å². The van der Waals surface area contributed by atoms with Crippen LogP contribution in [0.2, 0.25) is 0 Å². The average Bonchev–Trinajstić information content (AvgIpc) is 2.28. The normalized spacial score (nSPS) is 9.50. The molecule has 0 spiro atoms. The van der Waals surface area contributed by atoms with Gasteiger partial charge in [0, 0.05) is 24.7 Å². The topological polar surface area (TPSA) is 42.0 Å². The van der Waals surface area contributed by atoms with Gasteiger partial charge in [0.15, 0.2) is 0 Å². The highest BCUT2D eigenvalue weighted by atomic mass is 79.9. The van der Waals surface area contributed by atoms with Crippen molar-refractivity contribution in [1.29, 1.82) is 0 Å². The number of carbonyl (C=O) groups is 1. The summed E-state index contributed by atoms with van der Waals surface area (Å²) < 4.78 is 0.660. The van der Waals surface area contributed by atoms with E-state index in [-0.39, 0.29) is 5.91 Å². The van der Waals surface area contributed by atoms with E-state index in [4.69, 9.17) is 6.42 Å². The van der Waals surface area contributed by atoms with Crippen molar-refractivity contribution in [2.45, 2.75) is 19.3 Å². The van der Waals surface area contributed by atoms with Gasteiger partial charge >= 0.3 is 0 Å². The highest BCUT2D eigenvalue weighted by Gasteiger charge is 2.04. The van der Waals surface area contributed by atoms with Gasteiger partial charge < -0.3 is 5.32 Å². The molecule has 0 aliphatic heterocycles. The van der Waals surface area contributed by atoms with Crippen LogP contribution in [0.5, 0.6) is 0 Å². The summed E-state index contributed by atoms with van der Waals surface area (Å²) in [4.78, 5) is 15.6. The highest BCUT2D eigenvalue weighted by Crippen LogP contribution is 2.07. The molecule has 1 aromatic heterocycles. The Bertz CT molecular complexity index is 398. The Hall–Kier alpha value is -1.34. The molecule has 0 radical (unpaired) electrons. The number of terminal acetylenes is 1. The lowest BCUT2D eigenvalue weighted by atomic mass is 10.2. The SMILES string of the molecule is C#CCCCCNC(=O)c1ccnc(Br)c1. The number of carbonyl (C=O) groups excluding carboxylic acids is 1. The first-order valence-corrected chi connectivity index (χ1v) is 5.86. The summed E-state index contributed by atoms with van der Waals surface area (Å²) in [5.41, 5.74) is 0.610. The third-order valence-electron chi connectivity index (χ3n) is 2.02. The molecule has 1 N–H and O–H groups in total. The van der Waals surface area contributed by atoms with Crippen LogP contribution >= 0.6 is 15.9 Å². The lowest BCUT2D eigenvalue weighted by Crippen LogP contribution is -2.24. The second-order valence-corrected chi connectivity index (χ2v) is 4.10. The number of hydrogen-bond acceptors (Lipinski definition) is 2. The van der Waals surface area contributed by atoms with E-state index in [1.165, 1.54) is 0 Å². The Morgan fingerprint density at radius 1 is 1.56 bits per heavy atom. The van der Waals surface area contributed by atoms with Crippen molar-refractivity contribution >= 4 is 21.8 Å². The van der Waals surface area contributed by atoms with Crippen molar-refractivity contribution < 1.29 is 4.79 Å². The average molecular weight is 281 g/mol. The van der Waals surface area contributed by atoms with Crippen LogP contribution < -0.4 is 5.32 Å². The maximum absolute atomic E-state index is 11.6. The van der Waals surface area contributed by atoms with Crippen LogP contribution in [0.4, 0.5) is 0 Å². The number of halogens is 1. The first-order chi connectivity index (χ1) is 7.74. The molecule has 0 aromatic carbocycles. The quantitative estimate of drug-likeness (QED) is 0.511. The lowest BCUT2D eigenvalue weighted by Gasteiger charge is -2.04. The van der Waals surface area contributed by atoms with E-state index >= 15 is 0 Å². The molecule has 0 bridgehead atoms. The molecule has 0 saturated carbocycles. The van der Waals surface area contributed by atoms with Gasteiger partial charge in [-0.25, -0.2) is 4.98 Å². The number of aromatic nitrogens is 1. The van der Waals surface area contributed by atoms with Crippen molar-refractivity contribution in [3.05, 3.63) is 28.5 Å². The van der Waals surface area contributed by atoms with Crippen molar-refractivity contribution in [3.63, 3.8) is 0 Å². The van der Waals surface area contributed by atoms with Crippen molar-refractivity contribution in [2.24, 2.45) is 0 Å². The minimum atomic E-state index is -0.0798. The lowest BCUT2D eigenvalue weighted by molar-refractivity contribution is 0.0953. The third kappa shape index (κ3) is 4.45. The van der Waals surface area contributed by atoms with Crippen molar-refractivity contribution in [1.82, 2.24) is 10.3 Å². The van der Waals surface area contributed by atoms with Crippen LogP contribution in [0.15, 0.2) is 22.9 Å². The standard InChI is InChI=1S/C12H13BrN2O/c1-2-3-4-5-7-15-12(16)10-6-8-14-11(13)9-10/h1,6,8-9H,3-5,7H2,(H,15,16). The minimum Gasteiger partial charge on any atom is -0.352 e. The summed E-state index contributed by atoms with van der Waals surface area (Å²) >= 11 is 3.22. The van der Waals surface area contributed by atoms with Crippen LogP contribution in [0.1, 0.15) is 29.6 Å². The van der Waals surface area contributed by atoms with E-state index in [0.717, 1.165) is 19.3 Å². The largest absolute Gasteiger partial charge is 0.352 e. The second-order valence-electron chi connectivity index (χ2n) is 3.28. The third-order valence-corrected chi connectivity index (χ3v) is 2.46. The zero-order valence-electron chi connectivity index (χ0n) is 8.87. The van der Waals surface area contributed by atoms with Gasteiger partial charge in [0.1, 0.15) is 4.60 Å². The summed E-state index contributed by atoms with van der Waals surface area (Å²) in [6.07, 6.45) is 9.33. The number of hydrogen-bond donors (Lipinski definition) is 1. The first-order valence-electron chi connectivity index (χ1n) is 5.07. The van der Waals surface area contributed by atoms with Gasteiger partial charge in [-0.05, 0) is 40.9 Å². The number of unbranched alkanes of at least 4 members (excludes halogenated alkanes) is 2. The summed E-state index contributed by atoms with van der Waals surface area (Å²) in [5, 5.41) is 2.83. The van der Waals surface area contributed by atoms with Crippen LogP contribution in [0.25, 0.3) is 0 Å². The smallest absolute Gasteiger partial charge is 0.251 e. The van der Waals surface area contributed by atoms with Gasteiger partial charge in [-0.3, -0.25) is 4.79 Å². The molecule has 1 rings (SSSR count). The molecule has 0 fully saturated rings. The Morgan fingerprint density at radius 2 is 2.38 bits per heavy atom. The van der Waals surface area contributed by atoms with E-state index in [1.54, 1.807) is 18.3 Å². The number of rotatable bonds is 5. The Kier molecular flexibility index (Phi) is 5.58. The molecule has 84 valence electrons. The summed E-state index contributed by atoms with van der Waals surface area (Å²) in [5.74, 6) is 2.49. The Labute approximate surface area is 104 Å². The van der Waals surface area contributed by atoms with E-state index in [1.807, 2.05) is 0 Å². The molecular weight excluding hydrogens is 268 g/mol. The molecule has 16 heavy (non-hydrogen) atoms. The number of nitrogens with zero attached hydrogens (tertiary/aromatic N) is 1. The fourth-order valence-electron chi connectivity index (χ4n) is 1.20. The molecule has 0 saturated heterocycles. The first kappa shape index (κ1) is 12.7. The summed E-state index contributed by atoms with van der Waals surface area (Å²) in [6.45, 7) is 0.653.